The number of ketones is 1. The fraction of sp³-hybridized carbons (Fsp3) is 0.500. The van der Waals surface area contributed by atoms with Gasteiger partial charge < -0.3 is 9.26 Å². The maximum Gasteiger partial charge on any atom is 0.309 e. The Morgan fingerprint density at radius 2 is 1.88 bits per heavy atom. The zero-order valence-corrected chi connectivity index (χ0v) is 14.8. The van der Waals surface area contributed by atoms with Crippen molar-refractivity contribution >= 4 is 11.8 Å². The predicted octanol–water partition coefficient (Wildman–Crippen LogP) is 3.48. The topological polar surface area (TPSA) is 82.3 Å². The Hall–Kier alpha value is -2.50. The number of fused-ring (bicyclic) bond motifs is 2. The standard InChI is InChI=1S/C20H22N2O4/c1-12-5-7-13(8-6-12)19-21-17(26-22-19)11-25-20(24)16-9-14-3-2-4-15(10-16)18(14)23/h5-8,14-16H,2-4,9-11H2,1H3/t14-,15-/m0/s1. The number of ether oxygens (including phenoxy) is 1. The lowest BCUT2D eigenvalue weighted by Crippen LogP contribution is -2.39. The molecule has 136 valence electrons. The van der Waals surface area contributed by atoms with E-state index in [4.69, 9.17) is 9.26 Å². The SMILES string of the molecule is Cc1ccc(-c2noc(COC(=O)C3C[C@@H]4CCC[C@@H](C3)C4=O)n2)cc1. The average Bonchev–Trinajstić information content (AvgIpc) is 3.09. The largest absolute Gasteiger partial charge is 0.455 e. The normalized spacial score (nSPS) is 25.1. The predicted molar refractivity (Wildman–Crippen MR) is 92.8 cm³/mol. The summed E-state index contributed by atoms with van der Waals surface area (Å²) < 4.78 is 10.6. The molecule has 0 radical (unpaired) electrons. The van der Waals surface area contributed by atoms with Crippen LogP contribution in [0.2, 0.25) is 0 Å². The van der Waals surface area contributed by atoms with Crippen molar-refractivity contribution in [1.82, 2.24) is 10.1 Å². The van der Waals surface area contributed by atoms with Crippen LogP contribution < -0.4 is 0 Å². The summed E-state index contributed by atoms with van der Waals surface area (Å²) in [6.45, 7) is 1.98. The first kappa shape index (κ1) is 16.9. The fourth-order valence-electron chi connectivity index (χ4n) is 4.06. The first-order chi connectivity index (χ1) is 12.6. The number of aromatic nitrogens is 2. The summed E-state index contributed by atoms with van der Waals surface area (Å²) in [4.78, 5) is 28.8. The number of aryl methyl sites for hydroxylation is 1. The number of hydrogen-bond donors (Lipinski definition) is 0. The summed E-state index contributed by atoms with van der Waals surface area (Å²) in [5, 5.41) is 3.94. The van der Waals surface area contributed by atoms with Gasteiger partial charge in [0.05, 0.1) is 5.92 Å². The number of esters is 1. The number of hydrogen-bond acceptors (Lipinski definition) is 6. The van der Waals surface area contributed by atoms with E-state index in [1.54, 1.807) is 0 Å². The van der Waals surface area contributed by atoms with E-state index in [1.807, 2.05) is 31.2 Å². The summed E-state index contributed by atoms with van der Waals surface area (Å²) in [6.07, 6.45) is 4.14. The molecule has 6 heteroatoms. The van der Waals surface area contributed by atoms with Gasteiger partial charge in [0.2, 0.25) is 5.82 Å². The quantitative estimate of drug-likeness (QED) is 0.782. The van der Waals surface area contributed by atoms with Crippen LogP contribution in [0, 0.1) is 24.7 Å². The van der Waals surface area contributed by atoms with Gasteiger partial charge >= 0.3 is 5.97 Å². The van der Waals surface area contributed by atoms with Gasteiger partial charge in [0.15, 0.2) is 6.61 Å². The van der Waals surface area contributed by atoms with Gasteiger partial charge in [-0.3, -0.25) is 9.59 Å². The molecule has 1 aromatic heterocycles. The molecule has 0 unspecified atom stereocenters. The van der Waals surface area contributed by atoms with Gasteiger partial charge in [-0.15, -0.1) is 0 Å². The van der Waals surface area contributed by atoms with E-state index in [0.717, 1.165) is 30.4 Å². The molecule has 2 atom stereocenters. The van der Waals surface area contributed by atoms with Gasteiger partial charge in [0.1, 0.15) is 5.78 Å². The van der Waals surface area contributed by atoms with Crippen LogP contribution in [0.3, 0.4) is 0 Å². The summed E-state index contributed by atoms with van der Waals surface area (Å²) in [5.74, 6) is 0.731. The molecule has 2 fully saturated rings. The van der Waals surface area contributed by atoms with Crippen LogP contribution in [0.1, 0.15) is 43.6 Å². The van der Waals surface area contributed by atoms with E-state index >= 15 is 0 Å². The van der Waals surface area contributed by atoms with E-state index in [1.165, 1.54) is 0 Å². The third-order valence-electron chi connectivity index (χ3n) is 5.50. The number of carbonyl (C=O) groups is 2. The molecule has 0 N–H and O–H groups in total. The number of rotatable bonds is 4. The van der Waals surface area contributed by atoms with Crippen molar-refractivity contribution in [2.45, 2.75) is 45.6 Å². The van der Waals surface area contributed by atoms with Gasteiger partial charge in [0, 0.05) is 17.4 Å². The van der Waals surface area contributed by atoms with Gasteiger partial charge in [-0.1, -0.05) is 41.4 Å². The molecule has 2 aliphatic carbocycles. The summed E-state index contributed by atoms with van der Waals surface area (Å²) >= 11 is 0. The Kier molecular flexibility index (Phi) is 4.57. The minimum atomic E-state index is -0.260. The summed E-state index contributed by atoms with van der Waals surface area (Å²) in [6, 6.07) is 7.81. The zero-order chi connectivity index (χ0) is 18.1. The molecule has 6 nitrogen and oxygen atoms in total. The van der Waals surface area contributed by atoms with E-state index < -0.39 is 0 Å². The van der Waals surface area contributed by atoms with E-state index in [0.29, 0.717) is 24.4 Å². The minimum Gasteiger partial charge on any atom is -0.455 e. The van der Waals surface area contributed by atoms with Crippen molar-refractivity contribution in [1.29, 1.82) is 0 Å². The first-order valence-electron chi connectivity index (χ1n) is 9.20. The fourth-order valence-corrected chi connectivity index (χ4v) is 4.06. The first-order valence-corrected chi connectivity index (χ1v) is 9.20. The highest BCUT2D eigenvalue weighted by Crippen LogP contribution is 2.40. The molecule has 0 spiro atoms. The molecule has 2 saturated carbocycles. The third kappa shape index (κ3) is 3.41. The van der Waals surface area contributed by atoms with E-state index in [-0.39, 0.29) is 36.2 Å². The molecule has 0 amide bonds. The van der Waals surface area contributed by atoms with Crippen molar-refractivity contribution in [3.63, 3.8) is 0 Å². The van der Waals surface area contributed by atoms with Crippen molar-refractivity contribution in [2.24, 2.45) is 17.8 Å². The zero-order valence-electron chi connectivity index (χ0n) is 14.8. The second kappa shape index (κ2) is 7.02. The lowest BCUT2D eigenvalue weighted by molar-refractivity contribution is -0.155. The Bertz CT molecular complexity index is 795. The third-order valence-corrected chi connectivity index (χ3v) is 5.50. The molecule has 26 heavy (non-hydrogen) atoms. The van der Waals surface area contributed by atoms with Gasteiger partial charge in [-0.25, -0.2) is 0 Å². The van der Waals surface area contributed by atoms with Crippen molar-refractivity contribution in [3.8, 4) is 11.4 Å². The number of nitrogens with zero attached hydrogens (tertiary/aromatic N) is 2. The Labute approximate surface area is 151 Å². The number of Topliss-reactive ketones (excluding diaryl/α,β-unsaturated/α-hetero) is 1. The van der Waals surface area contributed by atoms with Crippen LogP contribution in [0.25, 0.3) is 11.4 Å². The van der Waals surface area contributed by atoms with Crippen LogP contribution in [0.5, 0.6) is 0 Å². The summed E-state index contributed by atoms with van der Waals surface area (Å²) in [5.41, 5.74) is 2.01. The van der Waals surface area contributed by atoms with Crippen LogP contribution >= 0.6 is 0 Å². The second-order valence-electron chi connectivity index (χ2n) is 7.38. The monoisotopic (exact) mass is 354 g/mol. The lowest BCUT2D eigenvalue weighted by Gasteiger charge is -2.36. The minimum absolute atomic E-state index is 0.0303. The molecule has 1 aromatic carbocycles. The van der Waals surface area contributed by atoms with Crippen molar-refractivity contribution in [2.75, 3.05) is 0 Å². The second-order valence-corrected chi connectivity index (χ2v) is 7.38. The lowest BCUT2D eigenvalue weighted by atomic mass is 9.67. The maximum atomic E-state index is 12.4. The highest BCUT2D eigenvalue weighted by Gasteiger charge is 2.41. The van der Waals surface area contributed by atoms with Crippen LogP contribution in [0.4, 0.5) is 0 Å². The van der Waals surface area contributed by atoms with E-state index in [9.17, 15) is 9.59 Å². The van der Waals surface area contributed by atoms with Gasteiger partial charge in [-0.2, -0.15) is 4.98 Å². The van der Waals surface area contributed by atoms with E-state index in [2.05, 4.69) is 10.1 Å². The van der Waals surface area contributed by atoms with Gasteiger partial charge in [0.25, 0.3) is 5.89 Å². The molecule has 2 aliphatic rings. The van der Waals surface area contributed by atoms with Crippen LogP contribution in [-0.2, 0) is 20.9 Å². The molecule has 2 aromatic rings. The van der Waals surface area contributed by atoms with Crippen LogP contribution in [-0.4, -0.2) is 21.9 Å². The molecule has 1 heterocycles. The van der Waals surface area contributed by atoms with Crippen LogP contribution in [0.15, 0.2) is 28.8 Å². The molecular weight excluding hydrogens is 332 g/mol. The summed E-state index contributed by atoms with van der Waals surface area (Å²) in [7, 11) is 0. The Morgan fingerprint density at radius 1 is 1.19 bits per heavy atom. The molecule has 0 saturated heterocycles. The molecular formula is C20H22N2O4. The molecule has 4 rings (SSSR count). The molecule has 2 bridgehead atoms. The number of benzene rings is 1. The highest BCUT2D eigenvalue weighted by atomic mass is 16.6. The highest BCUT2D eigenvalue weighted by molar-refractivity contribution is 5.87. The average molecular weight is 354 g/mol. The number of carbonyl (C=O) groups excluding carboxylic acids is 2. The Morgan fingerprint density at radius 3 is 2.58 bits per heavy atom. The smallest absolute Gasteiger partial charge is 0.309 e. The van der Waals surface area contributed by atoms with Crippen molar-refractivity contribution in [3.05, 3.63) is 35.7 Å². The Balaban J connectivity index is 1.35. The molecule has 0 aliphatic heterocycles. The van der Waals surface area contributed by atoms with Crippen molar-refractivity contribution < 1.29 is 18.8 Å². The van der Waals surface area contributed by atoms with Gasteiger partial charge in [-0.05, 0) is 32.6 Å². The maximum absolute atomic E-state index is 12.4.